The van der Waals surface area contributed by atoms with Crippen molar-refractivity contribution in [1.82, 2.24) is 9.78 Å². The van der Waals surface area contributed by atoms with E-state index in [1.54, 1.807) is 44.1 Å². The predicted octanol–water partition coefficient (Wildman–Crippen LogP) is 1.83. The van der Waals surface area contributed by atoms with Gasteiger partial charge in [-0.3, -0.25) is 4.68 Å². The van der Waals surface area contributed by atoms with Gasteiger partial charge in [-0.2, -0.15) is 5.10 Å². The fourth-order valence-corrected chi connectivity index (χ4v) is 2.10. The van der Waals surface area contributed by atoms with Gasteiger partial charge in [0.25, 0.3) is 0 Å². The number of ether oxygens (including phenoxy) is 2. The Morgan fingerprint density at radius 1 is 1.21 bits per heavy atom. The molecule has 5 nitrogen and oxygen atoms in total. The molecule has 19 heavy (non-hydrogen) atoms. The van der Waals surface area contributed by atoms with Gasteiger partial charge >= 0.3 is 0 Å². The number of aliphatic hydroxyl groups is 1. The Morgan fingerprint density at radius 2 is 1.95 bits per heavy atom. The van der Waals surface area contributed by atoms with Crippen molar-refractivity contribution < 1.29 is 14.6 Å². The van der Waals surface area contributed by atoms with Crippen molar-refractivity contribution in [2.75, 3.05) is 14.2 Å². The minimum atomic E-state index is -0.809. The third kappa shape index (κ3) is 2.56. The molecule has 0 bridgehead atoms. The lowest BCUT2D eigenvalue weighted by molar-refractivity contribution is 0.204. The summed E-state index contributed by atoms with van der Waals surface area (Å²) in [7, 11) is 4.97. The van der Waals surface area contributed by atoms with Crippen molar-refractivity contribution in [3.05, 3.63) is 41.2 Å². The maximum atomic E-state index is 10.5. The largest absolute Gasteiger partial charge is 0.497 e. The molecule has 0 radical (unpaired) electrons. The van der Waals surface area contributed by atoms with Gasteiger partial charge in [0.05, 0.1) is 25.6 Å². The monoisotopic (exact) mass is 262 g/mol. The van der Waals surface area contributed by atoms with Gasteiger partial charge in [0.2, 0.25) is 0 Å². The summed E-state index contributed by atoms with van der Waals surface area (Å²) in [6.07, 6.45) is -0.809. The molecule has 0 aliphatic heterocycles. The fraction of sp³-hybridized carbons (Fsp3) is 0.357. The molecule has 1 atom stereocenters. The van der Waals surface area contributed by atoms with Crippen LogP contribution < -0.4 is 9.47 Å². The molecule has 1 unspecified atom stereocenters. The fourth-order valence-electron chi connectivity index (χ4n) is 2.10. The lowest BCUT2D eigenvalue weighted by Gasteiger charge is -2.16. The number of hydrogen-bond donors (Lipinski definition) is 1. The second kappa shape index (κ2) is 5.32. The van der Waals surface area contributed by atoms with Crippen molar-refractivity contribution >= 4 is 0 Å². The number of aromatic nitrogens is 2. The van der Waals surface area contributed by atoms with E-state index in [1.807, 2.05) is 13.0 Å². The summed E-state index contributed by atoms with van der Waals surface area (Å²) < 4.78 is 12.1. The average molecular weight is 262 g/mol. The van der Waals surface area contributed by atoms with Gasteiger partial charge < -0.3 is 14.6 Å². The van der Waals surface area contributed by atoms with E-state index in [0.29, 0.717) is 22.8 Å². The van der Waals surface area contributed by atoms with Crippen LogP contribution in [0.5, 0.6) is 11.5 Å². The van der Waals surface area contributed by atoms with Crippen LogP contribution in [0.4, 0.5) is 0 Å². The quantitative estimate of drug-likeness (QED) is 0.913. The lowest BCUT2D eigenvalue weighted by atomic mass is 10.0. The van der Waals surface area contributed by atoms with E-state index in [9.17, 15) is 5.11 Å². The van der Waals surface area contributed by atoms with Crippen LogP contribution in [-0.4, -0.2) is 29.1 Å². The third-order valence-electron chi connectivity index (χ3n) is 3.05. The summed E-state index contributed by atoms with van der Waals surface area (Å²) in [6, 6.07) is 7.19. The Balaban J connectivity index is 2.47. The average Bonchev–Trinajstić information content (AvgIpc) is 2.76. The second-order valence-electron chi connectivity index (χ2n) is 4.34. The van der Waals surface area contributed by atoms with Gasteiger partial charge in [-0.15, -0.1) is 0 Å². The van der Waals surface area contributed by atoms with E-state index in [1.165, 1.54) is 0 Å². The minimum absolute atomic E-state index is 0.618. The van der Waals surface area contributed by atoms with Gasteiger partial charge in [0.1, 0.15) is 17.6 Å². The zero-order valence-electron chi connectivity index (χ0n) is 11.5. The Kier molecular flexibility index (Phi) is 3.76. The number of benzene rings is 1. The maximum Gasteiger partial charge on any atom is 0.125 e. The van der Waals surface area contributed by atoms with E-state index in [-0.39, 0.29) is 0 Å². The first-order valence-electron chi connectivity index (χ1n) is 5.97. The Bertz CT molecular complexity index is 578. The van der Waals surface area contributed by atoms with Crippen LogP contribution in [0.3, 0.4) is 0 Å². The standard InChI is InChI=1S/C14H18N2O3/c1-9-7-12(16(2)15-9)14(17)11-8-10(18-3)5-6-13(11)19-4/h5-8,14,17H,1-4H3. The van der Waals surface area contributed by atoms with Gasteiger partial charge in [-0.25, -0.2) is 0 Å². The number of hydrogen-bond acceptors (Lipinski definition) is 4. The van der Waals surface area contributed by atoms with Crippen molar-refractivity contribution in [3.63, 3.8) is 0 Å². The van der Waals surface area contributed by atoms with Crippen LogP contribution in [0, 0.1) is 6.92 Å². The molecule has 2 aromatic rings. The van der Waals surface area contributed by atoms with E-state index in [2.05, 4.69) is 5.10 Å². The molecular formula is C14H18N2O3. The topological polar surface area (TPSA) is 56.5 Å². The van der Waals surface area contributed by atoms with Crippen molar-refractivity contribution in [3.8, 4) is 11.5 Å². The summed E-state index contributed by atoms with van der Waals surface area (Å²) >= 11 is 0. The molecular weight excluding hydrogens is 244 g/mol. The highest BCUT2D eigenvalue weighted by Crippen LogP contribution is 2.33. The Morgan fingerprint density at radius 3 is 2.47 bits per heavy atom. The van der Waals surface area contributed by atoms with Gasteiger partial charge in [0.15, 0.2) is 0 Å². The van der Waals surface area contributed by atoms with Gasteiger partial charge in [-0.05, 0) is 31.2 Å². The number of aryl methyl sites for hydroxylation is 2. The molecule has 1 aromatic heterocycles. The summed E-state index contributed by atoms with van der Waals surface area (Å²) in [5, 5.41) is 14.8. The van der Waals surface area contributed by atoms with Gasteiger partial charge in [0, 0.05) is 12.6 Å². The SMILES string of the molecule is COc1ccc(OC)c(C(O)c2cc(C)nn2C)c1. The first-order valence-corrected chi connectivity index (χ1v) is 5.97. The number of aliphatic hydroxyl groups excluding tert-OH is 1. The highest BCUT2D eigenvalue weighted by atomic mass is 16.5. The molecule has 0 fully saturated rings. The maximum absolute atomic E-state index is 10.5. The summed E-state index contributed by atoms with van der Waals surface area (Å²) in [5.74, 6) is 1.29. The minimum Gasteiger partial charge on any atom is -0.497 e. The van der Waals surface area contributed by atoms with Crippen molar-refractivity contribution in [2.45, 2.75) is 13.0 Å². The highest BCUT2D eigenvalue weighted by Gasteiger charge is 2.20. The number of methoxy groups -OCH3 is 2. The normalized spacial score (nSPS) is 12.3. The van der Waals surface area contributed by atoms with Crippen molar-refractivity contribution in [1.29, 1.82) is 0 Å². The molecule has 0 saturated carbocycles. The Labute approximate surface area is 112 Å². The molecule has 0 spiro atoms. The first-order chi connectivity index (χ1) is 9.06. The molecule has 0 aliphatic rings. The smallest absolute Gasteiger partial charge is 0.125 e. The van der Waals surface area contributed by atoms with Gasteiger partial charge in [-0.1, -0.05) is 0 Å². The van der Waals surface area contributed by atoms with Crippen LogP contribution >= 0.6 is 0 Å². The third-order valence-corrected chi connectivity index (χ3v) is 3.05. The highest BCUT2D eigenvalue weighted by molar-refractivity contribution is 5.44. The molecule has 102 valence electrons. The van der Waals surface area contributed by atoms with Crippen LogP contribution in [-0.2, 0) is 7.05 Å². The van der Waals surface area contributed by atoms with Crippen LogP contribution in [0.1, 0.15) is 23.1 Å². The molecule has 1 heterocycles. The molecule has 0 saturated heterocycles. The van der Waals surface area contributed by atoms with E-state index in [0.717, 1.165) is 5.69 Å². The second-order valence-corrected chi connectivity index (χ2v) is 4.34. The Hall–Kier alpha value is -2.01. The first kappa shape index (κ1) is 13.4. The van der Waals surface area contributed by atoms with Crippen LogP contribution in [0.2, 0.25) is 0 Å². The van der Waals surface area contributed by atoms with Crippen LogP contribution in [0.25, 0.3) is 0 Å². The van der Waals surface area contributed by atoms with E-state index >= 15 is 0 Å². The molecule has 2 rings (SSSR count). The molecule has 5 heteroatoms. The van der Waals surface area contributed by atoms with Crippen molar-refractivity contribution in [2.24, 2.45) is 7.05 Å². The van der Waals surface area contributed by atoms with E-state index < -0.39 is 6.10 Å². The van der Waals surface area contributed by atoms with E-state index in [4.69, 9.17) is 9.47 Å². The number of nitrogens with zero attached hydrogens (tertiary/aromatic N) is 2. The molecule has 1 N–H and O–H groups in total. The molecule has 0 aliphatic carbocycles. The van der Waals surface area contributed by atoms with Crippen LogP contribution in [0.15, 0.2) is 24.3 Å². The molecule has 1 aromatic carbocycles. The molecule has 0 amide bonds. The summed E-state index contributed by atoms with van der Waals surface area (Å²) in [6.45, 7) is 1.89. The number of rotatable bonds is 4. The zero-order chi connectivity index (χ0) is 14.0. The summed E-state index contributed by atoms with van der Waals surface area (Å²) in [5.41, 5.74) is 2.23. The summed E-state index contributed by atoms with van der Waals surface area (Å²) in [4.78, 5) is 0. The zero-order valence-corrected chi connectivity index (χ0v) is 11.5. The predicted molar refractivity (Wildman–Crippen MR) is 71.6 cm³/mol. The lowest BCUT2D eigenvalue weighted by Crippen LogP contribution is -2.08.